The molecule has 4 nitrogen and oxygen atoms in total. The van der Waals surface area contributed by atoms with Gasteiger partial charge >= 0.3 is 0 Å². The smallest absolute Gasteiger partial charge is 0.143 e. The normalized spacial score (nSPS) is 20.4. The summed E-state index contributed by atoms with van der Waals surface area (Å²) in [6.07, 6.45) is 2.85. The summed E-state index contributed by atoms with van der Waals surface area (Å²) in [5, 5.41) is 12.1. The molecule has 0 bridgehead atoms. The van der Waals surface area contributed by atoms with Crippen molar-refractivity contribution in [1.29, 1.82) is 5.26 Å². The zero-order valence-corrected chi connectivity index (χ0v) is 9.36. The van der Waals surface area contributed by atoms with E-state index in [9.17, 15) is 0 Å². The van der Waals surface area contributed by atoms with Crippen LogP contribution in [0.3, 0.4) is 0 Å². The maximum absolute atomic E-state index is 8.78. The number of nitrogens with one attached hydrogen (secondary N) is 1. The minimum absolute atomic E-state index is 0.225. The molecule has 2 rings (SSSR count). The first-order valence-electron chi connectivity index (χ1n) is 5.47. The van der Waals surface area contributed by atoms with Crippen molar-refractivity contribution in [2.75, 3.05) is 19.7 Å². The molecule has 1 aromatic rings. The molecule has 0 amide bonds. The maximum Gasteiger partial charge on any atom is 0.143 e. The highest BCUT2D eigenvalue weighted by Crippen LogP contribution is 2.11. The van der Waals surface area contributed by atoms with Crippen LogP contribution in [0, 0.1) is 18.3 Å². The van der Waals surface area contributed by atoms with Gasteiger partial charge in [-0.2, -0.15) is 5.26 Å². The molecular formula is C12H15N3O. The summed E-state index contributed by atoms with van der Waals surface area (Å²) in [7, 11) is 0. The Kier molecular flexibility index (Phi) is 3.50. The second kappa shape index (κ2) is 5.06. The van der Waals surface area contributed by atoms with Crippen molar-refractivity contribution in [2.24, 2.45) is 0 Å². The fourth-order valence-electron chi connectivity index (χ4n) is 1.88. The summed E-state index contributed by atoms with van der Waals surface area (Å²) in [4.78, 5) is 4.13. The maximum atomic E-state index is 8.78. The summed E-state index contributed by atoms with van der Waals surface area (Å²) in [5.74, 6) is 0. The zero-order chi connectivity index (χ0) is 11.4. The Labute approximate surface area is 95.3 Å². The van der Waals surface area contributed by atoms with Crippen LogP contribution in [-0.2, 0) is 11.2 Å². The lowest BCUT2D eigenvalue weighted by molar-refractivity contribution is 0.0292. The zero-order valence-electron chi connectivity index (χ0n) is 9.36. The van der Waals surface area contributed by atoms with E-state index in [0.717, 1.165) is 37.2 Å². The predicted molar refractivity (Wildman–Crippen MR) is 60.0 cm³/mol. The van der Waals surface area contributed by atoms with Gasteiger partial charge in [0, 0.05) is 25.7 Å². The highest BCUT2D eigenvalue weighted by molar-refractivity contribution is 5.32. The molecule has 1 aliphatic heterocycles. The van der Waals surface area contributed by atoms with E-state index in [1.54, 1.807) is 6.20 Å². The molecule has 1 atom stereocenters. The molecule has 0 radical (unpaired) electrons. The van der Waals surface area contributed by atoms with Crippen LogP contribution in [-0.4, -0.2) is 30.8 Å². The van der Waals surface area contributed by atoms with Crippen LogP contribution in [0.15, 0.2) is 12.3 Å². The number of ether oxygens (including phenoxy) is 1. The van der Waals surface area contributed by atoms with Crippen molar-refractivity contribution in [2.45, 2.75) is 19.4 Å². The Morgan fingerprint density at radius 1 is 1.69 bits per heavy atom. The second-order valence-corrected chi connectivity index (χ2v) is 4.02. The van der Waals surface area contributed by atoms with Crippen molar-refractivity contribution >= 4 is 0 Å². The molecular weight excluding hydrogens is 202 g/mol. The lowest BCUT2D eigenvalue weighted by Crippen LogP contribution is -2.39. The van der Waals surface area contributed by atoms with E-state index < -0.39 is 0 Å². The number of pyridine rings is 1. The predicted octanol–water partition coefficient (Wildman–Crippen LogP) is 0.793. The molecule has 2 heterocycles. The molecule has 1 fully saturated rings. The lowest BCUT2D eigenvalue weighted by Gasteiger charge is -2.23. The van der Waals surface area contributed by atoms with Crippen molar-refractivity contribution < 1.29 is 4.74 Å². The molecule has 1 saturated heterocycles. The van der Waals surface area contributed by atoms with Gasteiger partial charge in [0.25, 0.3) is 0 Å². The molecule has 4 heteroatoms. The Bertz CT molecular complexity index is 405. The summed E-state index contributed by atoms with van der Waals surface area (Å²) in [5.41, 5.74) is 2.57. The average Bonchev–Trinajstić information content (AvgIpc) is 2.31. The quantitative estimate of drug-likeness (QED) is 0.795. The Morgan fingerprint density at radius 3 is 3.19 bits per heavy atom. The van der Waals surface area contributed by atoms with Gasteiger partial charge in [0.1, 0.15) is 11.8 Å². The molecule has 1 N–H and O–H groups in total. The molecule has 0 aliphatic carbocycles. The first-order chi connectivity index (χ1) is 7.79. The van der Waals surface area contributed by atoms with E-state index >= 15 is 0 Å². The van der Waals surface area contributed by atoms with Gasteiger partial charge in [-0.1, -0.05) is 6.07 Å². The third-order valence-electron chi connectivity index (χ3n) is 2.71. The fraction of sp³-hybridized carbons (Fsp3) is 0.500. The van der Waals surface area contributed by atoms with Crippen molar-refractivity contribution in [3.8, 4) is 6.07 Å². The van der Waals surface area contributed by atoms with E-state index in [1.807, 2.05) is 13.0 Å². The minimum atomic E-state index is 0.225. The summed E-state index contributed by atoms with van der Waals surface area (Å²) >= 11 is 0. The van der Waals surface area contributed by atoms with Gasteiger partial charge in [0.15, 0.2) is 0 Å². The fourth-order valence-corrected chi connectivity index (χ4v) is 1.88. The highest BCUT2D eigenvalue weighted by Gasteiger charge is 2.14. The van der Waals surface area contributed by atoms with E-state index in [-0.39, 0.29) is 6.10 Å². The van der Waals surface area contributed by atoms with Crippen LogP contribution < -0.4 is 5.32 Å². The first-order valence-corrected chi connectivity index (χ1v) is 5.47. The van der Waals surface area contributed by atoms with Crippen LogP contribution >= 0.6 is 0 Å². The number of aromatic nitrogens is 1. The molecule has 0 saturated carbocycles. The van der Waals surface area contributed by atoms with Crippen molar-refractivity contribution in [3.05, 3.63) is 29.1 Å². The van der Waals surface area contributed by atoms with Crippen LogP contribution in [0.1, 0.15) is 16.8 Å². The van der Waals surface area contributed by atoms with Crippen LogP contribution in [0.2, 0.25) is 0 Å². The van der Waals surface area contributed by atoms with Crippen LogP contribution in [0.25, 0.3) is 0 Å². The van der Waals surface area contributed by atoms with Crippen LogP contribution in [0.4, 0.5) is 0 Å². The molecule has 84 valence electrons. The van der Waals surface area contributed by atoms with Gasteiger partial charge in [-0.25, -0.2) is 4.98 Å². The van der Waals surface area contributed by atoms with Crippen LogP contribution in [0.5, 0.6) is 0 Å². The third-order valence-corrected chi connectivity index (χ3v) is 2.71. The molecule has 1 aromatic heterocycles. The van der Waals surface area contributed by atoms with Gasteiger partial charge < -0.3 is 10.1 Å². The van der Waals surface area contributed by atoms with Gasteiger partial charge in [0.05, 0.1) is 12.7 Å². The van der Waals surface area contributed by atoms with E-state index in [1.165, 1.54) is 0 Å². The number of nitriles is 1. The molecule has 16 heavy (non-hydrogen) atoms. The summed E-state index contributed by atoms with van der Waals surface area (Å²) < 4.78 is 5.62. The number of morpholine rings is 1. The number of aryl methyl sites for hydroxylation is 1. The monoisotopic (exact) mass is 217 g/mol. The molecule has 1 aliphatic rings. The standard InChI is InChI=1S/C12H15N3O/c1-9-4-10(7-15-12(9)6-13)5-11-8-14-2-3-16-11/h4,7,11,14H,2-3,5,8H2,1H3. The highest BCUT2D eigenvalue weighted by atomic mass is 16.5. The molecule has 0 spiro atoms. The third kappa shape index (κ3) is 2.57. The first kappa shape index (κ1) is 11.1. The Hall–Kier alpha value is -1.44. The van der Waals surface area contributed by atoms with Gasteiger partial charge in [-0.05, 0) is 18.1 Å². The van der Waals surface area contributed by atoms with E-state index in [4.69, 9.17) is 10.00 Å². The average molecular weight is 217 g/mol. The SMILES string of the molecule is Cc1cc(CC2CNCCO2)cnc1C#N. The largest absolute Gasteiger partial charge is 0.375 e. The number of nitrogens with zero attached hydrogens (tertiary/aromatic N) is 2. The minimum Gasteiger partial charge on any atom is -0.375 e. The summed E-state index contributed by atoms with van der Waals surface area (Å²) in [6, 6.07) is 4.09. The Morgan fingerprint density at radius 2 is 2.56 bits per heavy atom. The second-order valence-electron chi connectivity index (χ2n) is 4.02. The van der Waals surface area contributed by atoms with Crippen molar-refractivity contribution in [1.82, 2.24) is 10.3 Å². The summed E-state index contributed by atoms with van der Waals surface area (Å²) in [6.45, 7) is 4.50. The van der Waals surface area contributed by atoms with Gasteiger partial charge in [-0.3, -0.25) is 0 Å². The molecule has 1 unspecified atom stereocenters. The van der Waals surface area contributed by atoms with Gasteiger partial charge in [0.2, 0.25) is 0 Å². The van der Waals surface area contributed by atoms with Gasteiger partial charge in [-0.15, -0.1) is 0 Å². The number of hydrogen-bond donors (Lipinski definition) is 1. The lowest BCUT2D eigenvalue weighted by atomic mass is 10.1. The molecule has 0 aromatic carbocycles. The van der Waals surface area contributed by atoms with Crippen molar-refractivity contribution in [3.63, 3.8) is 0 Å². The topological polar surface area (TPSA) is 57.9 Å². The number of rotatable bonds is 2. The Balaban J connectivity index is 2.04. The number of hydrogen-bond acceptors (Lipinski definition) is 4. The van der Waals surface area contributed by atoms with E-state index in [2.05, 4.69) is 16.4 Å². The van der Waals surface area contributed by atoms with E-state index in [0.29, 0.717) is 5.69 Å².